The molecule has 2 saturated carbocycles. The van der Waals surface area contributed by atoms with E-state index in [1.807, 2.05) is 37.3 Å². The number of fused-ring (bicyclic) bond motifs is 4. The first-order valence-electron chi connectivity index (χ1n) is 16.6. The maximum atomic E-state index is 13.7. The number of nitrogens with zero attached hydrogens (tertiary/aromatic N) is 1. The Labute approximate surface area is 266 Å². The third kappa shape index (κ3) is 5.87. The van der Waals surface area contributed by atoms with Crippen LogP contribution < -0.4 is 4.72 Å². The van der Waals surface area contributed by atoms with Gasteiger partial charge in [0.25, 0.3) is 0 Å². The molecule has 44 heavy (non-hydrogen) atoms. The van der Waals surface area contributed by atoms with Crippen LogP contribution in [0.15, 0.2) is 54.0 Å². The first-order chi connectivity index (χ1) is 21.1. The van der Waals surface area contributed by atoms with Gasteiger partial charge in [-0.3, -0.25) is 9.52 Å². The highest BCUT2D eigenvalue weighted by Crippen LogP contribution is 2.46. The highest BCUT2D eigenvalue weighted by atomic mass is 35.5. The molecule has 1 aromatic carbocycles. The van der Waals surface area contributed by atoms with Crippen LogP contribution >= 0.6 is 11.6 Å². The molecule has 7 atom stereocenters. The minimum Gasteiger partial charge on any atom is -0.491 e. The lowest BCUT2D eigenvalue weighted by atomic mass is 9.68. The molecule has 2 fully saturated rings. The Hall–Kier alpha value is -2.29. The molecule has 7 rings (SSSR count). The summed E-state index contributed by atoms with van der Waals surface area (Å²) in [6.45, 7) is 4.00. The van der Waals surface area contributed by atoms with Gasteiger partial charge in [0.1, 0.15) is 5.76 Å². The monoisotopic (exact) mass is 640 g/mol. The predicted molar refractivity (Wildman–Crippen MR) is 171 cm³/mol. The highest BCUT2D eigenvalue weighted by molar-refractivity contribution is 7.90. The summed E-state index contributed by atoms with van der Waals surface area (Å²) >= 11 is 6.41. The van der Waals surface area contributed by atoms with E-state index in [1.165, 1.54) is 11.1 Å². The third-order valence-corrected chi connectivity index (χ3v) is 13.6. The lowest BCUT2D eigenvalue weighted by Crippen LogP contribution is -2.49. The zero-order chi connectivity index (χ0) is 30.6. The maximum Gasteiger partial charge on any atom is 0.240 e. The van der Waals surface area contributed by atoms with E-state index >= 15 is 0 Å². The standard InChI is InChI=1S/C35H45ClN2O5S/c1-22-4-2-6-31(39)28-12-9-26(28)19-38-20-35(15-3-5-24-17-27(36)11-13-29(24)35)21-43-32-14-10-25(18-30(32)38)34(40)37-44(41,42)33(22)16-23-7-8-23/h2,6,10-11,13-14,17,22-23,25-26,28,31,33,39H,3-5,7-9,12,15-16,18-21H2,1H3,(H,37,40)/b6-2-/t22-,25?,26?,28?,31?,33?,35+/m1/s1. The van der Waals surface area contributed by atoms with E-state index < -0.39 is 33.2 Å². The zero-order valence-corrected chi connectivity index (χ0v) is 27.2. The van der Waals surface area contributed by atoms with Crippen LogP contribution in [0.2, 0.25) is 5.02 Å². The summed E-state index contributed by atoms with van der Waals surface area (Å²) < 4.78 is 36.6. The molecule has 238 valence electrons. The first kappa shape index (κ1) is 30.4. The third-order valence-electron chi connectivity index (χ3n) is 11.4. The largest absolute Gasteiger partial charge is 0.491 e. The highest BCUT2D eigenvalue weighted by Gasteiger charge is 2.46. The molecule has 0 saturated heterocycles. The minimum absolute atomic E-state index is 0.153. The number of sulfonamides is 1. The van der Waals surface area contributed by atoms with Crippen molar-refractivity contribution in [3.8, 4) is 0 Å². The van der Waals surface area contributed by atoms with Crippen LogP contribution in [-0.4, -0.2) is 55.4 Å². The SMILES string of the molecule is C[C@@H]1C/C=C\C(O)C2CCC2CN2C[C@@]3(CCCc4cc(Cl)ccc43)COC3=C2CC(C=C3)C(=O)NS(=O)(=O)C1CC1CC1. The number of carbonyl (C=O) groups is 1. The summed E-state index contributed by atoms with van der Waals surface area (Å²) in [5.74, 6) is 0.412. The van der Waals surface area contributed by atoms with Gasteiger partial charge in [0.15, 0.2) is 0 Å². The fraction of sp³-hybridized carbons (Fsp3) is 0.629. The van der Waals surface area contributed by atoms with Crippen molar-refractivity contribution in [1.82, 2.24) is 9.62 Å². The Balaban J connectivity index is 1.24. The van der Waals surface area contributed by atoms with Gasteiger partial charge in [0, 0.05) is 29.9 Å². The fourth-order valence-electron chi connectivity index (χ4n) is 8.44. The summed E-state index contributed by atoms with van der Waals surface area (Å²) in [5, 5.41) is 11.4. The second-order valence-electron chi connectivity index (χ2n) is 14.4. The Morgan fingerprint density at radius 3 is 2.80 bits per heavy atom. The Morgan fingerprint density at radius 1 is 1.18 bits per heavy atom. The molecule has 1 aromatic rings. The Morgan fingerprint density at radius 2 is 2.02 bits per heavy atom. The van der Waals surface area contributed by atoms with Crippen LogP contribution in [0.4, 0.5) is 0 Å². The molecule has 9 heteroatoms. The number of aliphatic hydroxyl groups excluding tert-OH is 1. The van der Waals surface area contributed by atoms with Crippen molar-refractivity contribution in [2.75, 3.05) is 19.7 Å². The molecule has 4 aliphatic carbocycles. The second kappa shape index (κ2) is 11.8. The van der Waals surface area contributed by atoms with Crippen molar-refractivity contribution in [2.24, 2.45) is 29.6 Å². The van der Waals surface area contributed by atoms with Gasteiger partial charge < -0.3 is 14.7 Å². The van der Waals surface area contributed by atoms with Crippen molar-refractivity contribution in [1.29, 1.82) is 0 Å². The normalized spacial score (nSPS) is 37.6. The number of carbonyl (C=O) groups excluding carboxylic acids is 1. The van der Waals surface area contributed by atoms with Crippen LogP contribution in [-0.2, 0) is 31.4 Å². The van der Waals surface area contributed by atoms with Crippen LogP contribution in [0.3, 0.4) is 0 Å². The van der Waals surface area contributed by atoms with Gasteiger partial charge in [-0.1, -0.05) is 55.7 Å². The van der Waals surface area contributed by atoms with Gasteiger partial charge in [0.2, 0.25) is 15.9 Å². The number of benzene rings is 1. The van der Waals surface area contributed by atoms with Gasteiger partial charge in [0.05, 0.1) is 29.6 Å². The number of rotatable bonds is 2. The molecule has 7 nitrogen and oxygen atoms in total. The summed E-state index contributed by atoms with van der Waals surface area (Å²) in [6, 6.07) is 6.23. The van der Waals surface area contributed by atoms with Gasteiger partial charge in [-0.15, -0.1) is 0 Å². The van der Waals surface area contributed by atoms with E-state index in [0.717, 1.165) is 74.5 Å². The molecule has 6 aliphatic rings. The number of hydrogen-bond donors (Lipinski definition) is 2. The second-order valence-corrected chi connectivity index (χ2v) is 16.8. The van der Waals surface area contributed by atoms with Crippen LogP contribution in [0.1, 0.15) is 75.8 Å². The molecule has 2 N–H and O–H groups in total. The van der Waals surface area contributed by atoms with Crippen molar-refractivity contribution in [3.05, 3.63) is 70.1 Å². The molecular weight excluding hydrogens is 596 g/mol. The van der Waals surface area contributed by atoms with Gasteiger partial charge in [-0.05, 0) is 98.0 Å². The van der Waals surface area contributed by atoms with Gasteiger partial charge in [-0.2, -0.15) is 0 Å². The van der Waals surface area contributed by atoms with Gasteiger partial charge in [-0.25, -0.2) is 8.42 Å². The van der Waals surface area contributed by atoms with E-state index in [0.29, 0.717) is 37.7 Å². The molecule has 1 amide bonds. The number of halogens is 1. The van der Waals surface area contributed by atoms with Crippen molar-refractivity contribution >= 4 is 27.5 Å². The number of nitrogens with one attached hydrogen (secondary N) is 1. The Kier molecular flexibility index (Phi) is 8.15. The minimum atomic E-state index is -3.89. The molecule has 1 spiro atoms. The van der Waals surface area contributed by atoms with E-state index in [4.69, 9.17) is 16.3 Å². The van der Waals surface area contributed by atoms with Gasteiger partial charge >= 0.3 is 0 Å². The number of hydrogen-bond acceptors (Lipinski definition) is 6. The molecule has 2 bridgehead atoms. The van der Waals surface area contributed by atoms with Crippen molar-refractivity contribution in [3.63, 3.8) is 0 Å². The molecule has 0 aromatic heterocycles. The average Bonchev–Trinajstić information content (AvgIpc) is 3.81. The maximum absolute atomic E-state index is 13.7. The topological polar surface area (TPSA) is 95.9 Å². The molecule has 2 aliphatic heterocycles. The predicted octanol–water partition coefficient (Wildman–Crippen LogP) is 5.63. The summed E-state index contributed by atoms with van der Waals surface area (Å²) in [7, 11) is -3.89. The Bertz CT molecular complexity index is 1500. The fourth-order valence-corrected chi connectivity index (χ4v) is 10.5. The summed E-state index contributed by atoms with van der Waals surface area (Å²) in [6.07, 6.45) is 15.6. The quantitative estimate of drug-likeness (QED) is 0.407. The lowest BCUT2D eigenvalue weighted by Gasteiger charge is -2.46. The lowest BCUT2D eigenvalue weighted by molar-refractivity contribution is -0.122. The first-order valence-corrected chi connectivity index (χ1v) is 18.5. The molecule has 5 unspecified atom stereocenters. The summed E-state index contributed by atoms with van der Waals surface area (Å²) in [5.41, 5.74) is 3.30. The number of amides is 1. The van der Waals surface area contributed by atoms with Crippen molar-refractivity contribution in [2.45, 2.75) is 87.9 Å². The average molecular weight is 641 g/mol. The van der Waals surface area contributed by atoms with E-state index in [9.17, 15) is 18.3 Å². The van der Waals surface area contributed by atoms with E-state index in [-0.39, 0.29) is 17.3 Å². The van der Waals surface area contributed by atoms with E-state index in [2.05, 4.69) is 21.8 Å². The van der Waals surface area contributed by atoms with Crippen LogP contribution in [0.5, 0.6) is 0 Å². The van der Waals surface area contributed by atoms with E-state index in [1.54, 1.807) is 0 Å². The van der Waals surface area contributed by atoms with Crippen molar-refractivity contribution < 1.29 is 23.1 Å². The number of ether oxygens (including phenoxy) is 1. The summed E-state index contributed by atoms with van der Waals surface area (Å²) in [4.78, 5) is 16.1. The van der Waals surface area contributed by atoms with Crippen LogP contribution in [0.25, 0.3) is 0 Å². The number of aliphatic hydroxyl groups is 1. The zero-order valence-electron chi connectivity index (χ0n) is 25.6. The molecule has 2 heterocycles. The smallest absolute Gasteiger partial charge is 0.240 e. The van der Waals surface area contributed by atoms with Crippen LogP contribution in [0, 0.1) is 29.6 Å². The molecular formula is C35H45ClN2O5S. The number of aryl methyl sites for hydroxylation is 1. The molecule has 0 radical (unpaired) electrons. The number of allylic oxidation sites excluding steroid dienone is 3.